The number of carbonyl (C=O) groups is 3. The van der Waals surface area contributed by atoms with Crippen LogP contribution in [0, 0.1) is 27.9 Å². The first-order valence-corrected chi connectivity index (χ1v) is 21.1. The maximum atomic E-state index is 14.4. The predicted molar refractivity (Wildman–Crippen MR) is 221 cm³/mol. The van der Waals surface area contributed by atoms with Crippen LogP contribution in [0.5, 0.6) is 0 Å². The van der Waals surface area contributed by atoms with Crippen molar-refractivity contribution in [1.82, 2.24) is 15.1 Å². The summed E-state index contributed by atoms with van der Waals surface area (Å²) in [6.45, 7) is 15.1. The molecule has 340 valence electrons. The van der Waals surface area contributed by atoms with E-state index >= 15 is 0 Å². The van der Waals surface area contributed by atoms with Gasteiger partial charge in [-0.25, -0.2) is 0 Å². The van der Waals surface area contributed by atoms with Crippen molar-refractivity contribution in [3.8, 4) is 0 Å². The van der Waals surface area contributed by atoms with Crippen LogP contribution in [-0.2, 0) is 33.3 Å². The molecule has 0 aromatic heterocycles. The zero-order valence-electron chi connectivity index (χ0n) is 36.9. The smallest absolute Gasteiger partial charge is 0.316 e. The molecule has 3 aliphatic rings. The van der Waals surface area contributed by atoms with E-state index in [4.69, 9.17) is 18.9 Å². The number of anilines is 1. The Bertz CT molecular complexity index is 1610. The van der Waals surface area contributed by atoms with Gasteiger partial charge in [0.25, 0.3) is 5.69 Å². The number of β-amino-alcohol motifs (C(OH)–C–C–N with tert-alkyl or cyclic N) is 1. The lowest BCUT2D eigenvalue weighted by molar-refractivity contribution is -0.384. The van der Waals surface area contributed by atoms with Gasteiger partial charge in [0.15, 0.2) is 12.1 Å². The number of non-ortho nitro benzene ring substituents is 1. The highest BCUT2D eigenvalue weighted by atomic mass is 16.7. The summed E-state index contributed by atoms with van der Waals surface area (Å²) in [5.74, 6) is -5.74. The molecule has 5 N–H and O–H groups in total. The van der Waals surface area contributed by atoms with E-state index in [2.05, 4.69) is 15.1 Å². The molecule has 0 saturated carbocycles. The summed E-state index contributed by atoms with van der Waals surface area (Å²) < 4.78 is 25.2. The van der Waals surface area contributed by atoms with Gasteiger partial charge in [0.05, 0.1) is 47.5 Å². The van der Waals surface area contributed by atoms with Crippen molar-refractivity contribution in [2.45, 2.75) is 141 Å². The Kier molecular flexibility index (Phi) is 17.0. The van der Waals surface area contributed by atoms with E-state index in [0.29, 0.717) is 32.6 Å². The van der Waals surface area contributed by atoms with E-state index in [1.165, 1.54) is 32.9 Å². The number of nitro benzene ring substituents is 1. The fourth-order valence-corrected chi connectivity index (χ4v) is 8.85. The third-order valence-electron chi connectivity index (χ3n) is 12.6. The topological polar surface area (TPSA) is 234 Å². The monoisotopic (exact) mass is 851 g/mol. The number of ketones is 1. The molecule has 60 heavy (non-hydrogen) atoms. The first-order chi connectivity index (χ1) is 28.0. The van der Waals surface area contributed by atoms with Crippen LogP contribution >= 0.6 is 0 Å². The van der Waals surface area contributed by atoms with Gasteiger partial charge in [-0.05, 0) is 80.1 Å². The largest absolute Gasteiger partial charge is 0.459 e. The Labute approximate surface area is 353 Å². The fraction of sp³-hybridized carbons (Fsp3) is 0.786. The minimum Gasteiger partial charge on any atom is -0.459 e. The molecule has 0 aliphatic carbocycles. The van der Waals surface area contributed by atoms with Crippen molar-refractivity contribution in [3.05, 3.63) is 34.4 Å². The first kappa shape index (κ1) is 49.3. The van der Waals surface area contributed by atoms with Gasteiger partial charge in [0.2, 0.25) is 5.91 Å². The number of hydrogen-bond acceptors (Lipinski definition) is 16. The average molecular weight is 852 g/mol. The summed E-state index contributed by atoms with van der Waals surface area (Å²) in [5, 5.41) is 59.8. The number of nitrogens with zero attached hydrogens (tertiary/aromatic N) is 4. The molecule has 0 bridgehead atoms. The van der Waals surface area contributed by atoms with Crippen LogP contribution in [0.2, 0.25) is 0 Å². The number of piperazine rings is 1. The second-order valence-corrected chi connectivity index (χ2v) is 17.8. The van der Waals surface area contributed by atoms with Gasteiger partial charge in [-0.3, -0.25) is 29.4 Å². The average Bonchev–Trinajstić information content (AvgIpc) is 3.20. The van der Waals surface area contributed by atoms with E-state index < -0.39 is 94.4 Å². The van der Waals surface area contributed by atoms with Crippen LogP contribution in [0.1, 0.15) is 74.7 Å². The summed E-state index contributed by atoms with van der Waals surface area (Å²) in [7, 11) is 3.67. The number of Topliss-reactive ketones (excluding diaryl/α,β-unsaturated/α-hetero) is 1. The SMILES string of the molecule is CC[C@H]1OC(=O)[C@H](C)C(=O)[C@H](C)[C@@H](O[C@@H]2O[C@H](C)C[C@H](N(C)C)[C@H]2O)[C@](C)(OCC(O)CN2CCN(c3ccc([N+](=O)[O-])cc3)CC2)C[C@@H](C)NC(=O)[C@H](C)[C@@H](O)[C@]1(C)O. The maximum Gasteiger partial charge on any atom is 0.316 e. The molecule has 1 aromatic carbocycles. The number of likely N-dealkylation sites (N-methyl/N-ethyl adjacent to an activating group) is 1. The lowest BCUT2D eigenvalue weighted by Gasteiger charge is -2.47. The fourth-order valence-electron chi connectivity index (χ4n) is 8.85. The number of hydrogen-bond donors (Lipinski definition) is 5. The highest BCUT2D eigenvalue weighted by Crippen LogP contribution is 2.37. The standard InChI is InChI=1S/C42H69N5O13/c1-11-33-42(8,54)36(51)28(6)38(52)43-24(2)21-41(7,57-23-31(48)22-45-16-18-46(19-17-45)29-12-14-30(15-13-29)47(55)56)37(26(4)34(49)27(5)39(53)59-33)60-40-35(50)32(44(9)10)20-25(3)58-40/h12-15,24-28,31-33,35-37,40,48,50-51,54H,11,16-23H2,1-10H3,(H,43,52)/t24-,25-,26+,27-,28-,31?,32+,33-,35-,36-,37-,40+,41-,42-/m1/s1. The number of rotatable bonds is 11. The number of aliphatic hydroxyl groups excluding tert-OH is 3. The van der Waals surface area contributed by atoms with Crippen LogP contribution in [0.3, 0.4) is 0 Å². The third kappa shape index (κ3) is 11.8. The van der Waals surface area contributed by atoms with E-state index in [1.54, 1.807) is 39.8 Å². The van der Waals surface area contributed by atoms with Crippen LogP contribution < -0.4 is 10.2 Å². The van der Waals surface area contributed by atoms with Crippen molar-refractivity contribution in [3.63, 3.8) is 0 Å². The molecule has 3 fully saturated rings. The third-order valence-corrected chi connectivity index (χ3v) is 12.6. The number of aliphatic hydroxyl groups is 4. The van der Waals surface area contributed by atoms with Gasteiger partial charge >= 0.3 is 5.97 Å². The molecule has 0 spiro atoms. The predicted octanol–water partition coefficient (Wildman–Crippen LogP) is 1.48. The molecule has 1 unspecified atom stereocenters. The van der Waals surface area contributed by atoms with E-state index in [0.717, 1.165) is 5.69 Å². The van der Waals surface area contributed by atoms with Crippen molar-refractivity contribution >= 4 is 29.0 Å². The summed E-state index contributed by atoms with van der Waals surface area (Å²) in [5.41, 5.74) is -2.67. The maximum absolute atomic E-state index is 14.4. The van der Waals surface area contributed by atoms with Crippen molar-refractivity contribution in [2.24, 2.45) is 17.8 Å². The molecule has 0 radical (unpaired) electrons. The molecule has 1 amide bonds. The normalized spacial score (nSPS) is 37.5. The van der Waals surface area contributed by atoms with Crippen LogP contribution in [0.4, 0.5) is 11.4 Å². The van der Waals surface area contributed by atoms with Crippen molar-refractivity contribution in [2.75, 3.05) is 58.3 Å². The summed E-state index contributed by atoms with van der Waals surface area (Å²) in [4.78, 5) is 58.5. The Morgan fingerprint density at radius 1 is 1.02 bits per heavy atom. The van der Waals surface area contributed by atoms with E-state index in [-0.39, 0.29) is 43.8 Å². The summed E-state index contributed by atoms with van der Waals surface area (Å²) in [6, 6.07) is 5.33. The minimum absolute atomic E-state index is 0.00670. The molecule has 18 heteroatoms. The number of carbonyl (C=O) groups excluding carboxylic acids is 3. The Morgan fingerprint density at radius 2 is 1.63 bits per heavy atom. The van der Waals surface area contributed by atoms with Crippen LogP contribution in [0.25, 0.3) is 0 Å². The number of esters is 1. The second-order valence-electron chi connectivity index (χ2n) is 17.8. The number of cyclic esters (lactones) is 1. The zero-order valence-corrected chi connectivity index (χ0v) is 36.9. The summed E-state index contributed by atoms with van der Waals surface area (Å²) >= 11 is 0. The van der Waals surface area contributed by atoms with Crippen molar-refractivity contribution in [1.29, 1.82) is 0 Å². The summed E-state index contributed by atoms with van der Waals surface area (Å²) in [6.07, 6.45) is -7.28. The number of nitrogens with one attached hydrogen (secondary N) is 1. The van der Waals surface area contributed by atoms with Gasteiger partial charge < -0.3 is 54.5 Å². The van der Waals surface area contributed by atoms with Crippen LogP contribution in [-0.4, -0.2) is 172 Å². The van der Waals surface area contributed by atoms with Crippen LogP contribution in [0.15, 0.2) is 24.3 Å². The van der Waals surface area contributed by atoms with Gasteiger partial charge in [-0.1, -0.05) is 20.8 Å². The second kappa shape index (κ2) is 20.7. The lowest BCUT2D eigenvalue weighted by Crippen LogP contribution is -2.60. The van der Waals surface area contributed by atoms with Crippen molar-refractivity contribution < 1.29 is 58.7 Å². The Morgan fingerprint density at radius 3 is 2.20 bits per heavy atom. The number of ether oxygens (including phenoxy) is 4. The van der Waals surface area contributed by atoms with Gasteiger partial charge in [-0.15, -0.1) is 0 Å². The number of benzene rings is 1. The molecule has 3 aliphatic heterocycles. The quantitative estimate of drug-likeness (QED) is 0.0919. The highest BCUT2D eigenvalue weighted by molar-refractivity contribution is 6.00. The van der Waals surface area contributed by atoms with Gasteiger partial charge in [0.1, 0.15) is 23.7 Å². The Balaban J connectivity index is 1.65. The molecule has 18 nitrogen and oxygen atoms in total. The molecule has 1 aromatic rings. The van der Waals surface area contributed by atoms with E-state index in [9.17, 15) is 44.9 Å². The number of nitro groups is 1. The highest BCUT2D eigenvalue weighted by Gasteiger charge is 2.51. The minimum atomic E-state index is -2.05. The molecular weight excluding hydrogens is 782 g/mol. The first-order valence-electron chi connectivity index (χ1n) is 21.1. The lowest BCUT2D eigenvalue weighted by atomic mass is 9.79. The van der Waals surface area contributed by atoms with E-state index in [1.807, 2.05) is 25.9 Å². The number of amides is 1. The molecular formula is C42H69N5O13. The molecule has 14 atom stereocenters. The molecule has 3 saturated heterocycles. The van der Waals surface area contributed by atoms with Gasteiger partial charge in [-0.2, -0.15) is 0 Å². The Hall–Kier alpha value is -3.33. The zero-order chi connectivity index (χ0) is 44.9. The molecule has 4 rings (SSSR count). The van der Waals surface area contributed by atoms with Gasteiger partial charge in [0, 0.05) is 68.5 Å². The molecule has 3 heterocycles.